The maximum Gasteiger partial charge on any atom is 0.223 e. The molecular weight excluding hydrogens is 406 g/mol. The molecule has 162 valence electrons. The van der Waals surface area contributed by atoms with Gasteiger partial charge in [0.25, 0.3) is 0 Å². The van der Waals surface area contributed by atoms with Crippen LogP contribution in [0.4, 0.5) is 5.82 Å². The maximum atomic E-state index is 6.14. The van der Waals surface area contributed by atoms with Crippen molar-refractivity contribution in [3.05, 3.63) is 42.4 Å². The fraction of sp³-hybridized carbons (Fsp3) is 0.435. The van der Waals surface area contributed by atoms with Crippen molar-refractivity contribution in [1.29, 1.82) is 0 Å². The summed E-state index contributed by atoms with van der Waals surface area (Å²) in [7, 11) is 0. The van der Waals surface area contributed by atoms with E-state index < -0.39 is 0 Å². The second-order valence-electron chi connectivity index (χ2n) is 9.45. The number of nitrogens with one attached hydrogen (secondary N) is 1. The third kappa shape index (κ3) is 3.11. The van der Waals surface area contributed by atoms with Crippen LogP contribution in [-0.4, -0.2) is 49.1 Å². The lowest BCUT2D eigenvalue weighted by molar-refractivity contribution is 0.200. The van der Waals surface area contributed by atoms with Crippen LogP contribution in [0, 0.1) is 0 Å². The van der Waals surface area contributed by atoms with Gasteiger partial charge < -0.3 is 14.1 Å². The Balaban J connectivity index is 1.12. The summed E-state index contributed by atoms with van der Waals surface area (Å²) in [6, 6.07) is 8.04. The van der Waals surface area contributed by atoms with Crippen molar-refractivity contribution in [3.8, 4) is 17.1 Å². The Morgan fingerprint density at radius 3 is 2.66 bits per heavy atom. The molecule has 32 heavy (non-hydrogen) atoms. The number of aromatic nitrogens is 6. The highest BCUT2D eigenvalue weighted by Crippen LogP contribution is 2.42. The Kier molecular flexibility index (Phi) is 3.68. The number of H-pyrrole nitrogens is 1. The summed E-state index contributed by atoms with van der Waals surface area (Å²) < 4.78 is 12.0. The smallest absolute Gasteiger partial charge is 0.223 e. The van der Waals surface area contributed by atoms with Crippen molar-refractivity contribution in [1.82, 2.24) is 30.4 Å². The maximum absolute atomic E-state index is 6.14. The van der Waals surface area contributed by atoms with Crippen LogP contribution in [0.25, 0.3) is 22.3 Å². The van der Waals surface area contributed by atoms with Crippen LogP contribution in [0.2, 0.25) is 0 Å². The van der Waals surface area contributed by atoms with Gasteiger partial charge >= 0.3 is 0 Å². The first-order chi connectivity index (χ1) is 15.6. The zero-order valence-electron chi connectivity index (χ0n) is 17.8. The molecule has 4 heterocycles. The van der Waals surface area contributed by atoms with Gasteiger partial charge in [-0.3, -0.25) is 5.10 Å². The van der Waals surface area contributed by atoms with Crippen molar-refractivity contribution in [2.45, 2.75) is 50.0 Å². The summed E-state index contributed by atoms with van der Waals surface area (Å²) in [5.74, 6) is 4.02. The summed E-state index contributed by atoms with van der Waals surface area (Å²) in [5, 5.41) is 17.1. The van der Waals surface area contributed by atoms with Crippen LogP contribution in [0.1, 0.15) is 56.2 Å². The first kappa shape index (κ1) is 18.1. The van der Waals surface area contributed by atoms with Gasteiger partial charge in [0, 0.05) is 30.5 Å². The number of hydrogen-bond acceptors (Lipinski definition) is 8. The highest BCUT2D eigenvalue weighted by molar-refractivity contribution is 5.93. The molecule has 1 saturated heterocycles. The first-order valence-corrected chi connectivity index (χ1v) is 11.2. The van der Waals surface area contributed by atoms with E-state index in [0.29, 0.717) is 5.92 Å². The summed E-state index contributed by atoms with van der Waals surface area (Å²) in [5.41, 5.74) is 2.53. The van der Waals surface area contributed by atoms with E-state index in [1.54, 1.807) is 6.33 Å². The summed E-state index contributed by atoms with van der Waals surface area (Å²) in [4.78, 5) is 11.2. The molecule has 1 aromatic carbocycles. The highest BCUT2D eigenvalue weighted by atomic mass is 16.5. The number of aromatic amines is 1. The largest absolute Gasteiger partial charge is 0.488 e. The summed E-state index contributed by atoms with van der Waals surface area (Å²) in [6.07, 6.45) is 6.12. The first-order valence-electron chi connectivity index (χ1n) is 11.2. The molecule has 2 saturated carbocycles. The van der Waals surface area contributed by atoms with Gasteiger partial charge in [0.2, 0.25) is 11.8 Å². The summed E-state index contributed by atoms with van der Waals surface area (Å²) >= 11 is 0. The predicted molar refractivity (Wildman–Crippen MR) is 117 cm³/mol. The Bertz CT molecular complexity index is 1310. The van der Waals surface area contributed by atoms with Gasteiger partial charge in [0.05, 0.1) is 17.1 Å². The molecule has 0 atom stereocenters. The van der Waals surface area contributed by atoms with Gasteiger partial charge in [-0.05, 0) is 50.8 Å². The third-order valence-electron chi connectivity index (χ3n) is 6.69. The number of fused-ring (bicyclic) bond motifs is 1. The van der Waals surface area contributed by atoms with Crippen LogP contribution in [-0.2, 0) is 0 Å². The molecule has 3 aromatic heterocycles. The van der Waals surface area contributed by atoms with Crippen molar-refractivity contribution in [2.75, 3.05) is 18.0 Å². The summed E-state index contributed by atoms with van der Waals surface area (Å²) in [6.45, 7) is 3.76. The molecule has 9 heteroatoms. The van der Waals surface area contributed by atoms with E-state index in [-0.39, 0.29) is 11.5 Å². The van der Waals surface area contributed by atoms with E-state index >= 15 is 0 Å². The minimum absolute atomic E-state index is 0.0223. The van der Waals surface area contributed by atoms with E-state index in [9.17, 15) is 0 Å². The minimum Gasteiger partial charge on any atom is -0.488 e. The lowest BCUT2D eigenvalue weighted by Gasteiger charge is -2.38. The SMILES string of the molecule is CC1(Oc2ccc3[nH]nc(-c4cc(N5CC(c6nnc(C7CC7)o6)C5)ncn4)c3c2)CC1. The Hall–Kier alpha value is -3.49. The number of benzene rings is 1. The van der Waals surface area contributed by atoms with Crippen LogP contribution in [0.15, 0.2) is 35.0 Å². The predicted octanol–water partition coefficient (Wildman–Crippen LogP) is 3.82. The molecule has 0 bridgehead atoms. The fourth-order valence-corrected chi connectivity index (χ4v) is 4.19. The number of nitrogens with zero attached hydrogens (tertiary/aromatic N) is 6. The van der Waals surface area contributed by atoms with E-state index in [1.807, 2.05) is 24.3 Å². The second-order valence-corrected chi connectivity index (χ2v) is 9.45. The Morgan fingerprint density at radius 2 is 1.88 bits per heavy atom. The number of hydrogen-bond donors (Lipinski definition) is 1. The van der Waals surface area contributed by atoms with Crippen molar-refractivity contribution in [3.63, 3.8) is 0 Å². The highest BCUT2D eigenvalue weighted by Gasteiger charge is 2.40. The van der Waals surface area contributed by atoms with Gasteiger partial charge in [0.1, 0.15) is 29.2 Å². The molecule has 0 unspecified atom stereocenters. The lowest BCUT2D eigenvalue weighted by atomic mass is 10.0. The topological polar surface area (TPSA) is 106 Å². The zero-order valence-corrected chi connectivity index (χ0v) is 17.8. The lowest BCUT2D eigenvalue weighted by Crippen LogP contribution is -2.45. The molecular formula is C23H23N7O2. The molecule has 1 N–H and O–H groups in total. The van der Waals surface area contributed by atoms with Crippen LogP contribution in [0.5, 0.6) is 5.75 Å². The molecule has 4 aromatic rings. The number of ether oxygens (including phenoxy) is 1. The number of anilines is 1. The second kappa shape index (κ2) is 6.51. The minimum atomic E-state index is -0.0223. The van der Waals surface area contributed by atoms with E-state index in [1.165, 1.54) is 0 Å². The standard InChI is InChI=1S/C23H23N7O2/c1-23(6-7-23)32-15-4-5-17-16(8-15)20(27-26-17)18-9-19(25-12-24-18)30-10-14(11-30)22-29-28-21(31-22)13-2-3-13/h4-5,8-9,12-14H,2-3,6-7,10-11H2,1H3,(H,26,27). The Morgan fingerprint density at radius 1 is 1.06 bits per heavy atom. The molecule has 9 nitrogen and oxygen atoms in total. The number of rotatable bonds is 6. The molecule has 3 fully saturated rings. The molecule has 2 aliphatic carbocycles. The normalized spacial score (nSPS) is 19.8. The monoisotopic (exact) mass is 429 g/mol. The molecule has 0 spiro atoms. The average molecular weight is 429 g/mol. The molecule has 3 aliphatic rings. The molecule has 0 amide bonds. The van der Waals surface area contributed by atoms with Crippen molar-refractivity contribution < 1.29 is 9.15 Å². The van der Waals surface area contributed by atoms with Crippen molar-refractivity contribution in [2.24, 2.45) is 0 Å². The fourth-order valence-electron chi connectivity index (χ4n) is 4.19. The third-order valence-corrected chi connectivity index (χ3v) is 6.69. The average Bonchev–Trinajstić information content (AvgIpc) is 3.65. The van der Waals surface area contributed by atoms with E-state index in [0.717, 1.165) is 84.4 Å². The van der Waals surface area contributed by atoms with Crippen LogP contribution >= 0.6 is 0 Å². The Labute approximate surface area is 184 Å². The van der Waals surface area contributed by atoms with Gasteiger partial charge in [-0.1, -0.05) is 0 Å². The molecule has 7 rings (SSSR count). The van der Waals surface area contributed by atoms with Crippen molar-refractivity contribution >= 4 is 16.7 Å². The quantitative estimate of drug-likeness (QED) is 0.493. The van der Waals surface area contributed by atoms with Gasteiger partial charge in [-0.15, -0.1) is 10.2 Å². The van der Waals surface area contributed by atoms with Gasteiger partial charge in [-0.2, -0.15) is 5.10 Å². The van der Waals surface area contributed by atoms with E-state index in [4.69, 9.17) is 9.15 Å². The van der Waals surface area contributed by atoms with Gasteiger partial charge in [-0.25, -0.2) is 9.97 Å². The molecule has 0 radical (unpaired) electrons. The van der Waals surface area contributed by atoms with Crippen LogP contribution < -0.4 is 9.64 Å². The zero-order chi connectivity index (χ0) is 21.3. The van der Waals surface area contributed by atoms with E-state index in [2.05, 4.69) is 42.2 Å². The molecule has 1 aliphatic heterocycles. The van der Waals surface area contributed by atoms with Gasteiger partial charge in [0.15, 0.2) is 0 Å². The van der Waals surface area contributed by atoms with Crippen LogP contribution in [0.3, 0.4) is 0 Å².